The summed E-state index contributed by atoms with van der Waals surface area (Å²) in [4.78, 5) is 37.4. The van der Waals surface area contributed by atoms with Crippen molar-refractivity contribution in [1.82, 2.24) is 0 Å². The highest BCUT2D eigenvalue weighted by Gasteiger charge is 2.60. The lowest BCUT2D eigenvalue weighted by Gasteiger charge is -2.06. The fourth-order valence-electron chi connectivity index (χ4n) is 3.26. The summed E-state index contributed by atoms with van der Waals surface area (Å²) in [5.74, 6) is -3.02. The zero-order chi connectivity index (χ0) is 18.0. The van der Waals surface area contributed by atoms with Crippen molar-refractivity contribution >= 4 is 17.5 Å². The first-order valence-corrected chi connectivity index (χ1v) is 8.39. The molecule has 2 aromatic carbocycles. The number of Topliss-reactive ketones (excluding diaryl/α,β-unsaturated/α-hetero) is 2. The van der Waals surface area contributed by atoms with E-state index in [4.69, 9.17) is 4.74 Å². The van der Waals surface area contributed by atoms with Gasteiger partial charge in [0.1, 0.15) is 0 Å². The summed E-state index contributed by atoms with van der Waals surface area (Å²) in [6.45, 7) is 3.39. The molecular formula is C21H20O4. The van der Waals surface area contributed by atoms with Gasteiger partial charge < -0.3 is 4.74 Å². The van der Waals surface area contributed by atoms with Crippen LogP contribution < -0.4 is 0 Å². The molecule has 3 rings (SSSR count). The molecule has 4 nitrogen and oxygen atoms in total. The molecule has 25 heavy (non-hydrogen) atoms. The Kier molecular flexibility index (Phi) is 4.79. The minimum Gasteiger partial charge on any atom is -0.457 e. The van der Waals surface area contributed by atoms with E-state index in [1.54, 1.807) is 38.1 Å². The molecular weight excluding hydrogens is 316 g/mol. The molecule has 0 aromatic heterocycles. The molecule has 0 bridgehead atoms. The zero-order valence-corrected chi connectivity index (χ0v) is 14.2. The van der Waals surface area contributed by atoms with Gasteiger partial charge in [-0.3, -0.25) is 9.59 Å². The van der Waals surface area contributed by atoms with Gasteiger partial charge in [-0.05, 0) is 19.4 Å². The Morgan fingerprint density at radius 2 is 1.40 bits per heavy atom. The summed E-state index contributed by atoms with van der Waals surface area (Å²) in [6.07, 6.45) is -0.367. The first kappa shape index (κ1) is 17.1. The monoisotopic (exact) mass is 336 g/mol. The second kappa shape index (κ2) is 7.01. The van der Waals surface area contributed by atoms with E-state index in [1.165, 1.54) is 0 Å². The van der Waals surface area contributed by atoms with Crippen molar-refractivity contribution in [2.75, 3.05) is 0 Å². The zero-order valence-electron chi connectivity index (χ0n) is 14.2. The van der Waals surface area contributed by atoms with E-state index >= 15 is 0 Å². The van der Waals surface area contributed by atoms with Crippen molar-refractivity contribution in [1.29, 1.82) is 0 Å². The smallest absolute Gasteiger partial charge is 0.375 e. The van der Waals surface area contributed by atoms with Crippen LogP contribution in [0.25, 0.3) is 0 Å². The van der Waals surface area contributed by atoms with Gasteiger partial charge in [0.15, 0.2) is 5.78 Å². The van der Waals surface area contributed by atoms with Crippen molar-refractivity contribution in [2.24, 2.45) is 11.8 Å². The molecule has 0 N–H and O–H groups in total. The minimum atomic E-state index is -0.857. The minimum absolute atomic E-state index is 0.106. The highest BCUT2D eigenvalue weighted by molar-refractivity contribution is 6.36. The number of ketones is 2. The van der Waals surface area contributed by atoms with Gasteiger partial charge in [0.25, 0.3) is 0 Å². The number of hydrogen-bond acceptors (Lipinski definition) is 4. The number of esters is 1. The lowest BCUT2D eigenvalue weighted by atomic mass is 10.0. The van der Waals surface area contributed by atoms with Crippen LogP contribution in [0, 0.1) is 11.8 Å². The lowest BCUT2D eigenvalue weighted by molar-refractivity contribution is -0.157. The third kappa shape index (κ3) is 3.53. The van der Waals surface area contributed by atoms with Gasteiger partial charge in [-0.25, -0.2) is 4.79 Å². The summed E-state index contributed by atoms with van der Waals surface area (Å²) in [5, 5.41) is 0. The normalized spacial score (nSPS) is 21.6. The van der Waals surface area contributed by atoms with Gasteiger partial charge in [-0.15, -0.1) is 0 Å². The number of carbonyl (C=O) groups is 3. The summed E-state index contributed by atoms with van der Waals surface area (Å²) in [7, 11) is 0. The summed E-state index contributed by atoms with van der Waals surface area (Å²) in [5.41, 5.74) is 1.45. The maximum absolute atomic E-state index is 12.8. The van der Waals surface area contributed by atoms with Gasteiger partial charge in [0.05, 0.1) is 6.10 Å². The Morgan fingerprint density at radius 1 is 0.840 bits per heavy atom. The fourth-order valence-corrected chi connectivity index (χ4v) is 3.26. The van der Waals surface area contributed by atoms with Crippen LogP contribution >= 0.6 is 0 Å². The van der Waals surface area contributed by atoms with E-state index in [1.807, 2.05) is 36.4 Å². The molecule has 1 aliphatic rings. The average Bonchev–Trinajstić information content (AvgIpc) is 3.36. The molecule has 0 saturated heterocycles. The number of ether oxygens (including phenoxy) is 1. The van der Waals surface area contributed by atoms with E-state index in [0.717, 1.165) is 5.56 Å². The largest absolute Gasteiger partial charge is 0.457 e. The molecule has 1 saturated carbocycles. The van der Waals surface area contributed by atoms with Crippen LogP contribution in [0.1, 0.15) is 35.7 Å². The molecule has 1 aliphatic carbocycles. The molecule has 3 unspecified atom stereocenters. The van der Waals surface area contributed by atoms with Crippen molar-refractivity contribution < 1.29 is 19.1 Å². The van der Waals surface area contributed by atoms with Crippen molar-refractivity contribution in [3.63, 3.8) is 0 Å². The molecule has 0 spiro atoms. The van der Waals surface area contributed by atoms with Gasteiger partial charge in [0, 0.05) is 23.3 Å². The highest BCUT2D eigenvalue weighted by atomic mass is 16.5. The Labute approximate surface area is 146 Å². The average molecular weight is 336 g/mol. The van der Waals surface area contributed by atoms with Crippen molar-refractivity contribution in [2.45, 2.75) is 25.9 Å². The Hall–Kier alpha value is -2.75. The van der Waals surface area contributed by atoms with Crippen LogP contribution in [0.3, 0.4) is 0 Å². The number of rotatable bonds is 6. The maximum atomic E-state index is 12.8. The topological polar surface area (TPSA) is 60.4 Å². The molecule has 0 amide bonds. The van der Waals surface area contributed by atoms with E-state index in [9.17, 15) is 14.4 Å². The van der Waals surface area contributed by atoms with Crippen molar-refractivity contribution in [3.05, 3.63) is 71.8 Å². The van der Waals surface area contributed by atoms with Gasteiger partial charge in [-0.1, -0.05) is 60.7 Å². The fraction of sp³-hybridized carbons (Fsp3) is 0.286. The van der Waals surface area contributed by atoms with Gasteiger partial charge in [-0.2, -0.15) is 0 Å². The van der Waals surface area contributed by atoms with Crippen LogP contribution in [0.2, 0.25) is 0 Å². The molecule has 1 fully saturated rings. The summed E-state index contributed by atoms with van der Waals surface area (Å²) >= 11 is 0. The first-order valence-electron chi connectivity index (χ1n) is 8.39. The molecule has 0 aliphatic heterocycles. The lowest BCUT2D eigenvalue weighted by Crippen LogP contribution is -2.24. The summed E-state index contributed by atoms with van der Waals surface area (Å²) < 4.78 is 5.03. The second-order valence-electron chi connectivity index (χ2n) is 6.54. The van der Waals surface area contributed by atoms with Crippen molar-refractivity contribution in [3.8, 4) is 0 Å². The molecule has 128 valence electrons. The van der Waals surface area contributed by atoms with Gasteiger partial charge >= 0.3 is 5.97 Å². The van der Waals surface area contributed by atoms with Crippen LogP contribution in [0.5, 0.6) is 0 Å². The highest BCUT2D eigenvalue weighted by Crippen LogP contribution is 2.56. The Balaban J connectivity index is 1.87. The van der Waals surface area contributed by atoms with E-state index in [2.05, 4.69) is 0 Å². The Morgan fingerprint density at radius 3 is 1.96 bits per heavy atom. The van der Waals surface area contributed by atoms with Crippen LogP contribution in [-0.4, -0.2) is 23.6 Å². The predicted molar refractivity (Wildman–Crippen MR) is 93.2 cm³/mol. The van der Waals surface area contributed by atoms with Crippen LogP contribution in [-0.2, 0) is 14.3 Å². The summed E-state index contributed by atoms with van der Waals surface area (Å²) in [6, 6.07) is 18.3. The van der Waals surface area contributed by atoms with E-state index in [0.29, 0.717) is 5.56 Å². The maximum Gasteiger partial charge on any atom is 0.375 e. The molecule has 3 atom stereocenters. The third-order valence-electron chi connectivity index (χ3n) is 4.41. The molecule has 0 radical (unpaired) electrons. The SMILES string of the molecule is CC(C)OC(=O)C(=O)C1C(C(=O)c2ccccc2)C1c1ccccc1. The van der Waals surface area contributed by atoms with Gasteiger partial charge in [0.2, 0.25) is 5.78 Å². The number of carbonyl (C=O) groups excluding carboxylic acids is 3. The molecule has 0 heterocycles. The first-order chi connectivity index (χ1) is 12.0. The third-order valence-corrected chi connectivity index (χ3v) is 4.41. The quantitative estimate of drug-likeness (QED) is 0.461. The van der Waals surface area contributed by atoms with Crippen LogP contribution in [0.4, 0.5) is 0 Å². The molecule has 2 aromatic rings. The Bertz CT molecular complexity index is 780. The molecule has 4 heteroatoms. The second-order valence-corrected chi connectivity index (χ2v) is 6.54. The number of benzene rings is 2. The van der Waals surface area contributed by atoms with E-state index < -0.39 is 23.6 Å². The van der Waals surface area contributed by atoms with E-state index in [-0.39, 0.29) is 17.8 Å². The standard InChI is InChI=1S/C21H20O4/c1-13(2)25-21(24)20(23)18-16(14-9-5-3-6-10-14)17(18)19(22)15-11-7-4-8-12-15/h3-13,16-18H,1-2H3. The number of hydrogen-bond donors (Lipinski definition) is 0. The van der Waals surface area contributed by atoms with Crippen LogP contribution in [0.15, 0.2) is 60.7 Å². The predicted octanol–water partition coefficient (Wildman–Crippen LogP) is 3.42.